The molecule has 0 aliphatic heterocycles. The molecule has 0 fully saturated rings. The van der Waals surface area contributed by atoms with E-state index in [1.165, 1.54) is 0 Å². The fraction of sp³-hybridized carbons (Fsp3) is 0.571. The number of nitrogens with one attached hydrogen (secondary N) is 1. The van der Waals surface area contributed by atoms with E-state index in [1.807, 2.05) is 13.8 Å². The summed E-state index contributed by atoms with van der Waals surface area (Å²) in [5, 5.41) is 8.83. The first-order valence-corrected chi connectivity index (χ1v) is 8.32. The largest absolute Gasteiger partial charge is 0.399 e. The Morgan fingerprint density at radius 1 is 1.25 bits per heavy atom. The molecule has 1 aromatic rings. The molecule has 0 amide bonds. The van der Waals surface area contributed by atoms with Gasteiger partial charge >= 0.3 is 0 Å². The first kappa shape index (κ1) is 16.9. The van der Waals surface area contributed by atoms with Crippen LogP contribution in [0, 0.1) is 5.41 Å². The van der Waals surface area contributed by atoms with Crippen molar-refractivity contribution in [2.24, 2.45) is 5.41 Å². The molecule has 0 aliphatic rings. The van der Waals surface area contributed by atoms with Crippen LogP contribution in [-0.4, -0.2) is 26.7 Å². The average Bonchev–Trinajstić information content (AvgIpc) is 2.37. The molecule has 0 aliphatic carbocycles. The van der Waals surface area contributed by atoms with Gasteiger partial charge in [0, 0.05) is 18.8 Å². The summed E-state index contributed by atoms with van der Waals surface area (Å²) in [6.07, 6.45) is 1.45. The van der Waals surface area contributed by atoms with Crippen molar-refractivity contribution in [1.82, 2.24) is 4.72 Å². The Labute approximate surface area is 121 Å². The lowest BCUT2D eigenvalue weighted by atomic mass is 9.88. The van der Waals surface area contributed by atoms with E-state index in [1.54, 1.807) is 24.3 Å². The van der Waals surface area contributed by atoms with E-state index in [4.69, 9.17) is 10.8 Å². The second-order valence-corrected chi connectivity index (χ2v) is 7.62. The topological polar surface area (TPSA) is 92.4 Å². The minimum Gasteiger partial charge on any atom is -0.399 e. The van der Waals surface area contributed by atoms with E-state index in [9.17, 15) is 8.42 Å². The second-order valence-electron chi connectivity index (χ2n) is 5.81. The molecule has 0 spiro atoms. The highest BCUT2D eigenvalue weighted by atomic mass is 32.2. The smallest absolute Gasteiger partial charge is 0.215 e. The van der Waals surface area contributed by atoms with Crippen LogP contribution in [0.3, 0.4) is 0 Å². The fourth-order valence-electron chi connectivity index (χ4n) is 1.84. The summed E-state index contributed by atoms with van der Waals surface area (Å²) in [6.45, 7) is 4.45. The second kappa shape index (κ2) is 7.06. The number of nitrogen functional groups attached to an aromatic ring is 1. The molecule has 20 heavy (non-hydrogen) atoms. The molecule has 114 valence electrons. The van der Waals surface area contributed by atoms with Crippen molar-refractivity contribution in [3.63, 3.8) is 0 Å². The molecule has 0 saturated carbocycles. The third-order valence-electron chi connectivity index (χ3n) is 3.12. The molecule has 0 aromatic heterocycles. The van der Waals surface area contributed by atoms with E-state index in [2.05, 4.69) is 4.72 Å². The minimum absolute atomic E-state index is 0.0522. The van der Waals surface area contributed by atoms with Crippen molar-refractivity contribution in [2.45, 2.75) is 32.4 Å². The van der Waals surface area contributed by atoms with Crippen LogP contribution in [0.5, 0.6) is 0 Å². The minimum atomic E-state index is -3.36. The lowest BCUT2D eigenvalue weighted by Crippen LogP contribution is -2.34. The van der Waals surface area contributed by atoms with Crippen molar-refractivity contribution < 1.29 is 13.5 Å². The normalized spacial score (nSPS) is 12.6. The van der Waals surface area contributed by atoms with Crippen LogP contribution < -0.4 is 10.5 Å². The van der Waals surface area contributed by atoms with E-state index in [-0.39, 0.29) is 17.8 Å². The maximum atomic E-state index is 12.0. The average molecular weight is 300 g/mol. The van der Waals surface area contributed by atoms with Crippen LogP contribution in [0.15, 0.2) is 24.3 Å². The number of aliphatic hydroxyl groups excluding tert-OH is 1. The summed E-state index contributed by atoms with van der Waals surface area (Å²) in [7, 11) is -3.36. The van der Waals surface area contributed by atoms with Crippen LogP contribution in [0.1, 0.15) is 32.3 Å². The zero-order chi connectivity index (χ0) is 15.2. The number of anilines is 1. The number of hydrogen-bond acceptors (Lipinski definition) is 4. The van der Waals surface area contributed by atoms with Crippen LogP contribution >= 0.6 is 0 Å². The Kier molecular flexibility index (Phi) is 5.98. The van der Waals surface area contributed by atoms with Gasteiger partial charge in [-0.05, 0) is 36.0 Å². The molecule has 4 N–H and O–H groups in total. The Morgan fingerprint density at radius 3 is 2.40 bits per heavy atom. The van der Waals surface area contributed by atoms with Gasteiger partial charge in [-0.25, -0.2) is 13.1 Å². The summed E-state index contributed by atoms with van der Waals surface area (Å²) >= 11 is 0. The maximum Gasteiger partial charge on any atom is 0.215 e. The Balaban J connectivity index is 2.55. The van der Waals surface area contributed by atoms with Crippen LogP contribution in [0.2, 0.25) is 0 Å². The molecule has 0 bridgehead atoms. The van der Waals surface area contributed by atoms with Crippen LogP contribution in [-0.2, 0) is 15.8 Å². The third-order valence-corrected chi connectivity index (χ3v) is 4.42. The Hall–Kier alpha value is -1.11. The number of sulfonamides is 1. The highest BCUT2D eigenvalue weighted by molar-refractivity contribution is 7.88. The molecule has 0 atom stereocenters. The van der Waals surface area contributed by atoms with Crippen molar-refractivity contribution in [3.8, 4) is 0 Å². The van der Waals surface area contributed by atoms with Gasteiger partial charge in [0.2, 0.25) is 10.0 Å². The van der Waals surface area contributed by atoms with Gasteiger partial charge < -0.3 is 10.8 Å². The number of benzene rings is 1. The molecule has 6 heteroatoms. The van der Waals surface area contributed by atoms with Gasteiger partial charge in [-0.3, -0.25) is 0 Å². The zero-order valence-corrected chi connectivity index (χ0v) is 12.9. The lowest BCUT2D eigenvalue weighted by Gasteiger charge is -2.24. The van der Waals surface area contributed by atoms with Crippen molar-refractivity contribution in [1.29, 1.82) is 0 Å². The summed E-state index contributed by atoms with van der Waals surface area (Å²) in [5.74, 6) is -0.0522. The quantitative estimate of drug-likeness (QED) is 0.634. The highest BCUT2D eigenvalue weighted by Crippen LogP contribution is 2.21. The van der Waals surface area contributed by atoms with Gasteiger partial charge in [0.05, 0.1) is 5.75 Å². The molecule has 5 nitrogen and oxygen atoms in total. The van der Waals surface area contributed by atoms with Crippen molar-refractivity contribution in [3.05, 3.63) is 29.8 Å². The maximum absolute atomic E-state index is 12.0. The molecular weight excluding hydrogens is 276 g/mol. The van der Waals surface area contributed by atoms with Crippen LogP contribution in [0.25, 0.3) is 0 Å². The standard InChI is InChI=1S/C14H24N2O3S/c1-14(2,8-3-9-17)11-16-20(18,19)10-12-4-6-13(15)7-5-12/h4-7,16-17H,3,8-11,15H2,1-2H3. The number of nitrogens with two attached hydrogens (primary N) is 1. The van der Waals surface area contributed by atoms with Gasteiger partial charge in [0.25, 0.3) is 0 Å². The molecular formula is C14H24N2O3S. The SMILES string of the molecule is CC(C)(CCCO)CNS(=O)(=O)Cc1ccc(N)cc1. The molecule has 1 rings (SSSR count). The summed E-state index contributed by atoms with van der Waals surface area (Å²) in [5.41, 5.74) is 6.72. The number of hydrogen-bond donors (Lipinski definition) is 3. The molecule has 0 heterocycles. The van der Waals surface area contributed by atoms with E-state index < -0.39 is 10.0 Å². The summed E-state index contributed by atoms with van der Waals surface area (Å²) in [6, 6.07) is 6.81. The molecule has 0 saturated heterocycles. The van der Waals surface area contributed by atoms with Gasteiger partial charge in [-0.1, -0.05) is 26.0 Å². The monoisotopic (exact) mass is 300 g/mol. The zero-order valence-electron chi connectivity index (χ0n) is 12.1. The Morgan fingerprint density at radius 2 is 1.85 bits per heavy atom. The predicted octanol–water partition coefficient (Wildman–Crippen LogP) is 1.49. The first-order chi connectivity index (χ1) is 9.24. The lowest BCUT2D eigenvalue weighted by molar-refractivity contribution is 0.242. The summed E-state index contributed by atoms with van der Waals surface area (Å²) < 4.78 is 26.7. The van der Waals surface area contributed by atoms with E-state index in [0.29, 0.717) is 24.2 Å². The van der Waals surface area contributed by atoms with Crippen LogP contribution in [0.4, 0.5) is 5.69 Å². The van der Waals surface area contributed by atoms with Gasteiger partial charge in [0.15, 0.2) is 0 Å². The fourth-order valence-corrected chi connectivity index (χ4v) is 3.18. The summed E-state index contributed by atoms with van der Waals surface area (Å²) in [4.78, 5) is 0. The van der Waals surface area contributed by atoms with Crippen molar-refractivity contribution in [2.75, 3.05) is 18.9 Å². The van der Waals surface area contributed by atoms with Gasteiger partial charge in [-0.2, -0.15) is 0 Å². The molecule has 0 unspecified atom stereocenters. The predicted molar refractivity (Wildman–Crippen MR) is 81.6 cm³/mol. The van der Waals surface area contributed by atoms with E-state index >= 15 is 0 Å². The number of rotatable bonds is 8. The van der Waals surface area contributed by atoms with E-state index in [0.717, 1.165) is 6.42 Å². The first-order valence-electron chi connectivity index (χ1n) is 6.67. The number of aliphatic hydroxyl groups is 1. The van der Waals surface area contributed by atoms with Gasteiger partial charge in [0.1, 0.15) is 0 Å². The van der Waals surface area contributed by atoms with Gasteiger partial charge in [-0.15, -0.1) is 0 Å². The molecule has 1 aromatic carbocycles. The Bertz CT molecular complexity index is 510. The highest BCUT2D eigenvalue weighted by Gasteiger charge is 2.21. The molecule has 0 radical (unpaired) electrons. The third kappa shape index (κ3) is 6.36. The van der Waals surface area contributed by atoms with Crippen molar-refractivity contribution >= 4 is 15.7 Å².